The van der Waals surface area contributed by atoms with E-state index < -0.39 is 5.97 Å². The fourth-order valence-corrected chi connectivity index (χ4v) is 2.62. The minimum Gasteiger partial charge on any atom is -0.478 e. The number of carboxylic acids is 1. The van der Waals surface area contributed by atoms with Gasteiger partial charge in [0.05, 0.1) is 12.0 Å². The molecule has 3 rings (SSSR count). The zero-order valence-corrected chi connectivity index (χ0v) is 11.5. The number of hydrogen-bond acceptors (Lipinski definition) is 2. The second-order valence-corrected chi connectivity index (χ2v) is 5.11. The van der Waals surface area contributed by atoms with Crippen molar-refractivity contribution in [1.29, 1.82) is 0 Å². The quantitative estimate of drug-likeness (QED) is 0.936. The summed E-state index contributed by atoms with van der Waals surface area (Å²) in [6, 6.07) is 14.8. The normalized spacial score (nSPS) is 13.3. The lowest BCUT2D eigenvalue weighted by Gasteiger charge is -2.17. The maximum absolute atomic E-state index is 12.1. The Hall–Kier alpha value is -2.62. The third-order valence-corrected chi connectivity index (χ3v) is 3.73. The van der Waals surface area contributed by atoms with Gasteiger partial charge in [-0.2, -0.15) is 0 Å². The third-order valence-electron chi connectivity index (χ3n) is 3.73. The van der Waals surface area contributed by atoms with Gasteiger partial charge in [-0.25, -0.2) is 4.79 Å². The molecule has 106 valence electrons. The van der Waals surface area contributed by atoms with Gasteiger partial charge in [0.2, 0.25) is 5.91 Å². The zero-order chi connectivity index (χ0) is 14.8. The molecule has 0 aromatic heterocycles. The van der Waals surface area contributed by atoms with Gasteiger partial charge in [0.25, 0.3) is 0 Å². The largest absolute Gasteiger partial charge is 0.478 e. The minimum atomic E-state index is -0.972. The van der Waals surface area contributed by atoms with Gasteiger partial charge >= 0.3 is 5.97 Å². The van der Waals surface area contributed by atoms with Crippen molar-refractivity contribution >= 4 is 17.6 Å². The first kappa shape index (κ1) is 13.4. The highest BCUT2D eigenvalue weighted by molar-refractivity contribution is 6.03. The standard InChI is InChI=1S/C17H15NO3/c19-16-11-13-6-7-14(17(20)21)10-15(13)18(16)9-8-12-4-2-1-3-5-12/h1-7,10H,8-9,11H2,(H,20,21). The Morgan fingerprint density at radius 1 is 1.14 bits per heavy atom. The van der Waals surface area contributed by atoms with Crippen molar-refractivity contribution < 1.29 is 14.7 Å². The Balaban J connectivity index is 1.82. The summed E-state index contributed by atoms with van der Waals surface area (Å²) in [4.78, 5) is 24.9. The lowest BCUT2D eigenvalue weighted by molar-refractivity contribution is -0.117. The molecule has 0 radical (unpaired) electrons. The zero-order valence-electron chi connectivity index (χ0n) is 11.5. The molecule has 2 aromatic carbocycles. The van der Waals surface area contributed by atoms with Crippen LogP contribution in [0.25, 0.3) is 0 Å². The van der Waals surface area contributed by atoms with E-state index in [1.165, 1.54) is 0 Å². The first-order valence-corrected chi connectivity index (χ1v) is 6.85. The van der Waals surface area contributed by atoms with Crippen molar-refractivity contribution in [2.45, 2.75) is 12.8 Å². The molecule has 1 aliphatic rings. The fourth-order valence-electron chi connectivity index (χ4n) is 2.62. The number of fused-ring (bicyclic) bond motifs is 1. The number of carbonyl (C=O) groups excluding carboxylic acids is 1. The van der Waals surface area contributed by atoms with Crippen molar-refractivity contribution in [3.8, 4) is 0 Å². The lowest BCUT2D eigenvalue weighted by Crippen LogP contribution is -2.29. The van der Waals surface area contributed by atoms with Crippen LogP contribution in [0.4, 0.5) is 5.69 Å². The highest BCUT2D eigenvalue weighted by Crippen LogP contribution is 2.30. The van der Waals surface area contributed by atoms with Crippen LogP contribution in [-0.2, 0) is 17.6 Å². The Kier molecular flexibility index (Phi) is 3.44. The highest BCUT2D eigenvalue weighted by Gasteiger charge is 2.27. The monoisotopic (exact) mass is 281 g/mol. The van der Waals surface area contributed by atoms with E-state index in [1.54, 1.807) is 23.1 Å². The number of amides is 1. The van der Waals surface area contributed by atoms with Crippen molar-refractivity contribution in [2.75, 3.05) is 11.4 Å². The van der Waals surface area contributed by atoms with Gasteiger partial charge in [0.15, 0.2) is 0 Å². The number of anilines is 1. The molecule has 1 heterocycles. The second-order valence-electron chi connectivity index (χ2n) is 5.11. The number of carbonyl (C=O) groups is 2. The number of benzene rings is 2. The average molecular weight is 281 g/mol. The van der Waals surface area contributed by atoms with E-state index in [0.29, 0.717) is 13.0 Å². The van der Waals surface area contributed by atoms with E-state index in [9.17, 15) is 9.59 Å². The van der Waals surface area contributed by atoms with E-state index in [2.05, 4.69) is 0 Å². The average Bonchev–Trinajstić information content (AvgIpc) is 2.80. The summed E-state index contributed by atoms with van der Waals surface area (Å²) in [6.45, 7) is 0.568. The van der Waals surface area contributed by atoms with Crippen molar-refractivity contribution in [3.05, 3.63) is 65.2 Å². The molecule has 0 saturated heterocycles. The number of aromatic carboxylic acids is 1. The summed E-state index contributed by atoms with van der Waals surface area (Å²) in [7, 11) is 0. The van der Waals surface area contributed by atoms with Gasteiger partial charge in [-0.05, 0) is 29.7 Å². The van der Waals surface area contributed by atoms with Gasteiger partial charge < -0.3 is 10.0 Å². The van der Waals surface area contributed by atoms with Crippen molar-refractivity contribution in [3.63, 3.8) is 0 Å². The van der Waals surface area contributed by atoms with Crippen LogP contribution in [0.1, 0.15) is 21.5 Å². The third kappa shape index (κ3) is 2.65. The molecular formula is C17H15NO3. The molecule has 1 amide bonds. The highest BCUT2D eigenvalue weighted by atomic mass is 16.4. The fraction of sp³-hybridized carbons (Fsp3) is 0.176. The van der Waals surface area contributed by atoms with E-state index in [0.717, 1.165) is 23.2 Å². The smallest absolute Gasteiger partial charge is 0.335 e. The van der Waals surface area contributed by atoms with Crippen LogP contribution in [0.15, 0.2) is 48.5 Å². The predicted molar refractivity (Wildman–Crippen MR) is 79.6 cm³/mol. The van der Waals surface area contributed by atoms with Gasteiger partial charge in [-0.1, -0.05) is 36.4 Å². The van der Waals surface area contributed by atoms with Crippen LogP contribution in [0.5, 0.6) is 0 Å². The van der Waals surface area contributed by atoms with E-state index in [4.69, 9.17) is 5.11 Å². The van der Waals surface area contributed by atoms with Gasteiger partial charge in [-0.3, -0.25) is 4.79 Å². The molecule has 0 bridgehead atoms. The number of nitrogens with zero attached hydrogens (tertiary/aromatic N) is 1. The summed E-state index contributed by atoms with van der Waals surface area (Å²) in [5, 5.41) is 9.07. The maximum atomic E-state index is 12.1. The summed E-state index contributed by atoms with van der Waals surface area (Å²) in [5.74, 6) is -0.941. The topological polar surface area (TPSA) is 57.6 Å². The molecule has 1 N–H and O–H groups in total. The van der Waals surface area contributed by atoms with Crippen LogP contribution in [0, 0.1) is 0 Å². The first-order chi connectivity index (χ1) is 10.1. The SMILES string of the molecule is O=C(O)c1ccc2c(c1)N(CCc1ccccc1)C(=O)C2. The molecule has 0 fully saturated rings. The molecule has 0 spiro atoms. The second kappa shape index (κ2) is 5.40. The molecule has 0 saturated carbocycles. The van der Waals surface area contributed by atoms with Gasteiger partial charge in [-0.15, -0.1) is 0 Å². The summed E-state index contributed by atoms with van der Waals surface area (Å²) in [6.07, 6.45) is 1.10. The lowest BCUT2D eigenvalue weighted by atomic mass is 10.1. The van der Waals surface area contributed by atoms with Crippen LogP contribution < -0.4 is 4.90 Å². The Morgan fingerprint density at radius 3 is 2.62 bits per heavy atom. The summed E-state index contributed by atoms with van der Waals surface area (Å²) >= 11 is 0. The molecular weight excluding hydrogens is 266 g/mol. The minimum absolute atomic E-state index is 0.0310. The molecule has 21 heavy (non-hydrogen) atoms. The van der Waals surface area contributed by atoms with Gasteiger partial charge in [0, 0.05) is 12.2 Å². The molecule has 4 nitrogen and oxygen atoms in total. The maximum Gasteiger partial charge on any atom is 0.335 e. The molecule has 4 heteroatoms. The first-order valence-electron chi connectivity index (χ1n) is 6.85. The van der Waals surface area contributed by atoms with E-state index >= 15 is 0 Å². The van der Waals surface area contributed by atoms with Crippen LogP contribution in [-0.4, -0.2) is 23.5 Å². The van der Waals surface area contributed by atoms with Crippen molar-refractivity contribution in [2.24, 2.45) is 0 Å². The molecule has 0 unspecified atom stereocenters. The van der Waals surface area contributed by atoms with Crippen LogP contribution in [0.3, 0.4) is 0 Å². The summed E-state index contributed by atoms with van der Waals surface area (Å²) in [5.41, 5.74) is 3.01. The Labute approximate surface area is 122 Å². The molecule has 1 aliphatic heterocycles. The number of rotatable bonds is 4. The predicted octanol–water partition coefficient (Wildman–Crippen LogP) is 2.52. The van der Waals surface area contributed by atoms with Crippen LogP contribution in [0.2, 0.25) is 0 Å². The molecule has 0 atom stereocenters. The number of carboxylic acid groups (broad SMARTS) is 1. The van der Waals surface area contributed by atoms with Gasteiger partial charge in [0.1, 0.15) is 0 Å². The summed E-state index contributed by atoms with van der Waals surface area (Å²) < 4.78 is 0. The van der Waals surface area contributed by atoms with E-state index in [-0.39, 0.29) is 11.5 Å². The van der Waals surface area contributed by atoms with E-state index in [1.807, 2.05) is 30.3 Å². The Morgan fingerprint density at radius 2 is 1.90 bits per heavy atom. The van der Waals surface area contributed by atoms with Crippen LogP contribution >= 0.6 is 0 Å². The molecule has 0 aliphatic carbocycles. The van der Waals surface area contributed by atoms with Crippen molar-refractivity contribution in [1.82, 2.24) is 0 Å². The molecule has 2 aromatic rings. The number of hydrogen-bond donors (Lipinski definition) is 1. The Bertz CT molecular complexity index is 694.